The Morgan fingerprint density at radius 3 is 2.02 bits per heavy atom. The summed E-state index contributed by atoms with van der Waals surface area (Å²) >= 11 is 12.5. The molecule has 7 nitrogen and oxygen atoms in total. The van der Waals surface area contributed by atoms with Crippen molar-refractivity contribution >= 4 is 47.5 Å². The van der Waals surface area contributed by atoms with Crippen LogP contribution < -0.4 is 4.74 Å². The molecule has 5 rings (SSSR count). The van der Waals surface area contributed by atoms with E-state index in [1.54, 1.807) is 34.1 Å². The Hall–Kier alpha value is -3.02. The summed E-state index contributed by atoms with van der Waals surface area (Å²) in [5.74, 6) is 1.02. The minimum atomic E-state index is -4.71. The van der Waals surface area contributed by atoms with Gasteiger partial charge in [-0.05, 0) is 65.4 Å². The molecule has 2 amide bonds. The first kappa shape index (κ1) is 37.8. The molecule has 2 aliphatic heterocycles. The average Bonchev–Trinajstić information content (AvgIpc) is 3.41. The summed E-state index contributed by atoms with van der Waals surface area (Å²) in [4.78, 5) is 24.7. The minimum absolute atomic E-state index is 0. The third-order valence-electron chi connectivity index (χ3n) is 8.54. The van der Waals surface area contributed by atoms with E-state index in [-0.39, 0.29) is 50.0 Å². The number of aliphatic hydroxyl groups is 1. The van der Waals surface area contributed by atoms with Crippen molar-refractivity contribution in [2.24, 2.45) is 4.99 Å². The highest BCUT2D eigenvalue weighted by Gasteiger charge is 2.45. The Balaban J connectivity index is 0.00000520. The van der Waals surface area contributed by atoms with E-state index in [1.165, 1.54) is 4.90 Å². The van der Waals surface area contributed by atoms with Gasteiger partial charge in [0.25, 0.3) is 0 Å². The number of amidine groups is 1. The van der Waals surface area contributed by atoms with Crippen molar-refractivity contribution in [1.82, 2.24) is 14.7 Å². The SMILES string of the molecule is CCOc1cc(C(C)(C)C)ccc1C1=N[C@@H](c2ccc(Cl)cc2)[C@@H](c2ccc(Cl)cc2)N1C(=O)N1CCN(CC(O)C(F)(F)F)CC1.Cl. The lowest BCUT2D eigenvalue weighted by Crippen LogP contribution is -2.55. The Morgan fingerprint density at radius 2 is 1.50 bits per heavy atom. The Kier molecular flexibility index (Phi) is 12.0. The molecule has 1 saturated heterocycles. The van der Waals surface area contributed by atoms with E-state index in [9.17, 15) is 23.1 Å². The third-order valence-corrected chi connectivity index (χ3v) is 9.04. The van der Waals surface area contributed by atoms with Gasteiger partial charge in [-0.15, -0.1) is 12.4 Å². The molecule has 3 aromatic rings. The van der Waals surface area contributed by atoms with Gasteiger partial charge in [0.15, 0.2) is 6.10 Å². The molecular weight excluding hydrogens is 688 g/mol. The van der Waals surface area contributed by atoms with Gasteiger partial charge in [0.1, 0.15) is 17.6 Å². The number of nitrogens with zero attached hydrogens (tertiary/aromatic N) is 4. The number of halogens is 6. The van der Waals surface area contributed by atoms with Crippen molar-refractivity contribution in [1.29, 1.82) is 0 Å². The number of benzene rings is 3. The number of ether oxygens (including phenoxy) is 1. The highest BCUT2D eigenvalue weighted by Crippen LogP contribution is 2.46. The molecule has 0 spiro atoms. The van der Waals surface area contributed by atoms with E-state index in [4.69, 9.17) is 32.9 Å². The van der Waals surface area contributed by atoms with Crippen molar-refractivity contribution in [3.8, 4) is 5.75 Å². The molecule has 260 valence electrons. The van der Waals surface area contributed by atoms with Crippen LogP contribution in [0.1, 0.15) is 62.0 Å². The lowest BCUT2D eigenvalue weighted by Gasteiger charge is -2.39. The fourth-order valence-electron chi connectivity index (χ4n) is 5.93. The molecule has 0 aromatic heterocycles. The third kappa shape index (κ3) is 8.40. The number of rotatable bonds is 7. The van der Waals surface area contributed by atoms with E-state index in [0.29, 0.717) is 33.8 Å². The molecule has 0 radical (unpaired) electrons. The number of hydrogen-bond donors (Lipinski definition) is 1. The largest absolute Gasteiger partial charge is 0.493 e. The first-order valence-electron chi connectivity index (χ1n) is 15.6. The molecule has 2 heterocycles. The maximum absolute atomic E-state index is 14.7. The van der Waals surface area contributed by atoms with Gasteiger partial charge in [0, 0.05) is 42.8 Å². The zero-order chi connectivity index (χ0) is 34.1. The highest BCUT2D eigenvalue weighted by molar-refractivity contribution is 6.30. The fourth-order valence-corrected chi connectivity index (χ4v) is 6.18. The Bertz CT molecular complexity index is 1590. The number of hydrogen-bond acceptors (Lipinski definition) is 5. The zero-order valence-corrected chi connectivity index (χ0v) is 29.5. The van der Waals surface area contributed by atoms with Crippen LogP contribution in [-0.4, -0.2) is 83.3 Å². The summed E-state index contributed by atoms with van der Waals surface area (Å²) in [6.45, 7) is 8.78. The van der Waals surface area contributed by atoms with Gasteiger partial charge in [-0.25, -0.2) is 4.79 Å². The van der Waals surface area contributed by atoms with Crippen LogP contribution in [-0.2, 0) is 5.41 Å². The molecule has 2 aliphatic rings. The van der Waals surface area contributed by atoms with Crippen molar-refractivity contribution < 1.29 is 27.8 Å². The van der Waals surface area contributed by atoms with Gasteiger partial charge in [-0.3, -0.25) is 14.8 Å². The topological polar surface area (TPSA) is 68.6 Å². The number of carbonyl (C=O) groups is 1. The average molecular weight is 728 g/mol. The van der Waals surface area contributed by atoms with E-state index in [1.807, 2.05) is 49.4 Å². The number of aliphatic hydroxyl groups excluding tert-OH is 1. The predicted molar refractivity (Wildman–Crippen MR) is 186 cm³/mol. The molecule has 0 bridgehead atoms. The summed E-state index contributed by atoms with van der Waals surface area (Å²) in [7, 11) is 0. The van der Waals surface area contributed by atoms with Gasteiger partial charge >= 0.3 is 12.2 Å². The maximum Gasteiger partial charge on any atom is 0.415 e. The maximum atomic E-state index is 14.7. The van der Waals surface area contributed by atoms with E-state index >= 15 is 0 Å². The number of carbonyl (C=O) groups excluding carboxylic acids is 1. The molecule has 13 heteroatoms. The number of alkyl halides is 3. The van der Waals surface area contributed by atoms with Gasteiger partial charge in [-0.1, -0.05) is 74.3 Å². The number of aliphatic imine (C=N–C) groups is 1. The minimum Gasteiger partial charge on any atom is -0.493 e. The van der Waals surface area contributed by atoms with Crippen molar-refractivity contribution in [2.45, 2.75) is 57.5 Å². The first-order valence-corrected chi connectivity index (χ1v) is 16.3. The summed E-state index contributed by atoms with van der Waals surface area (Å²) in [5.41, 5.74) is 3.20. The monoisotopic (exact) mass is 726 g/mol. The fraction of sp³-hybridized carbons (Fsp3) is 0.429. The molecule has 3 atom stereocenters. The smallest absolute Gasteiger partial charge is 0.415 e. The van der Waals surface area contributed by atoms with Crippen LogP contribution >= 0.6 is 35.6 Å². The molecular formula is C35H40Cl3F3N4O3. The molecule has 48 heavy (non-hydrogen) atoms. The second-order valence-corrected chi connectivity index (χ2v) is 13.7. The van der Waals surface area contributed by atoms with Crippen molar-refractivity contribution in [2.75, 3.05) is 39.3 Å². The van der Waals surface area contributed by atoms with Crippen LogP contribution in [0.15, 0.2) is 71.7 Å². The van der Waals surface area contributed by atoms with Gasteiger partial charge in [0.05, 0.1) is 18.2 Å². The van der Waals surface area contributed by atoms with Crippen LogP contribution in [0.5, 0.6) is 5.75 Å². The molecule has 0 aliphatic carbocycles. The van der Waals surface area contributed by atoms with Crippen molar-refractivity contribution in [3.63, 3.8) is 0 Å². The summed E-state index contributed by atoms with van der Waals surface area (Å²) < 4.78 is 45.3. The van der Waals surface area contributed by atoms with Crippen LogP contribution in [0, 0.1) is 0 Å². The van der Waals surface area contributed by atoms with Gasteiger partial charge < -0.3 is 14.7 Å². The van der Waals surface area contributed by atoms with E-state index in [0.717, 1.165) is 16.7 Å². The Labute approximate surface area is 295 Å². The molecule has 3 aromatic carbocycles. The normalized spacial score (nSPS) is 19.5. The molecule has 1 unspecified atom stereocenters. The summed E-state index contributed by atoms with van der Waals surface area (Å²) in [6.07, 6.45) is -7.17. The van der Waals surface area contributed by atoms with Crippen LogP contribution in [0.2, 0.25) is 10.0 Å². The van der Waals surface area contributed by atoms with Crippen LogP contribution in [0.25, 0.3) is 0 Å². The van der Waals surface area contributed by atoms with Crippen molar-refractivity contribution in [3.05, 3.63) is 99.0 Å². The van der Waals surface area contributed by atoms with E-state index in [2.05, 4.69) is 20.8 Å². The summed E-state index contributed by atoms with van der Waals surface area (Å²) in [6, 6.07) is 19.1. The molecule has 0 saturated carbocycles. The number of piperazine rings is 1. The Morgan fingerprint density at radius 1 is 0.938 bits per heavy atom. The second kappa shape index (κ2) is 15.3. The molecule has 1 fully saturated rings. The number of β-amino-alcohol motifs (C(OH)–C–C–N with tert-alkyl or cyclic N) is 1. The van der Waals surface area contributed by atoms with Crippen LogP contribution in [0.3, 0.4) is 0 Å². The quantitative estimate of drug-likeness (QED) is 0.266. The predicted octanol–water partition coefficient (Wildman–Crippen LogP) is 8.32. The number of amides is 2. The standard InChI is InChI=1S/C35H39Cl2F3N4O3.ClH/c1-5-47-28-20-24(34(2,3)4)10-15-27(28)32-41-30(22-6-11-25(36)12-7-22)31(23-8-13-26(37)14-9-23)44(32)33(46)43-18-16-42(17-19-43)21-29(45)35(38,39)40;/h6-15,20,29-31,45H,5,16-19,21H2,1-4H3;1H/t29?,30-,31+;/m0./s1. The lowest BCUT2D eigenvalue weighted by molar-refractivity contribution is -0.208. The molecule has 1 N–H and O–H groups in total. The van der Waals surface area contributed by atoms with Crippen LogP contribution in [0.4, 0.5) is 18.0 Å². The number of urea groups is 1. The van der Waals surface area contributed by atoms with Gasteiger partial charge in [-0.2, -0.15) is 13.2 Å². The lowest BCUT2D eigenvalue weighted by atomic mass is 9.86. The zero-order valence-electron chi connectivity index (χ0n) is 27.2. The summed E-state index contributed by atoms with van der Waals surface area (Å²) in [5, 5.41) is 10.7. The first-order chi connectivity index (χ1) is 22.2. The second-order valence-electron chi connectivity index (χ2n) is 12.8. The van der Waals surface area contributed by atoms with E-state index < -0.39 is 30.9 Å². The highest BCUT2D eigenvalue weighted by atomic mass is 35.5. The van der Waals surface area contributed by atoms with Gasteiger partial charge in [0.2, 0.25) is 0 Å².